The molecule has 0 spiro atoms. The van der Waals surface area contributed by atoms with Crippen LogP contribution >= 0.6 is 35.0 Å². The van der Waals surface area contributed by atoms with Gasteiger partial charge in [0.2, 0.25) is 5.90 Å². The summed E-state index contributed by atoms with van der Waals surface area (Å²) >= 11 is 13.7. The van der Waals surface area contributed by atoms with Crippen LogP contribution in [0.2, 0.25) is 10.0 Å². The van der Waals surface area contributed by atoms with E-state index in [4.69, 9.17) is 38.2 Å². The Balaban J connectivity index is 2.05. The number of rotatable bonds is 7. The molecule has 0 radical (unpaired) electrons. The quantitative estimate of drug-likeness (QED) is 0.553. The molecule has 0 aromatic heterocycles. The largest absolute Gasteiger partial charge is 0.432 e. The van der Waals surface area contributed by atoms with Gasteiger partial charge < -0.3 is 14.9 Å². The van der Waals surface area contributed by atoms with Crippen LogP contribution in [0.25, 0.3) is 0 Å². The highest BCUT2D eigenvalue weighted by atomic mass is 35.5. The lowest BCUT2D eigenvalue weighted by Gasteiger charge is -2.20. The first-order valence-electron chi connectivity index (χ1n) is 7.40. The lowest BCUT2D eigenvalue weighted by Crippen LogP contribution is -2.15. The molecule has 0 saturated carbocycles. The van der Waals surface area contributed by atoms with E-state index in [-0.39, 0.29) is 0 Å². The number of hydrogen-bond acceptors (Lipinski definition) is 5. The first-order chi connectivity index (χ1) is 11.0. The summed E-state index contributed by atoms with van der Waals surface area (Å²) in [5.41, 5.74) is 1.85. The van der Waals surface area contributed by atoms with Gasteiger partial charge in [0.05, 0.1) is 17.1 Å². The van der Waals surface area contributed by atoms with E-state index in [1.54, 1.807) is 30.0 Å². The molecular weight excluding hydrogens is 357 g/mol. The van der Waals surface area contributed by atoms with E-state index in [1.807, 2.05) is 0 Å². The minimum absolute atomic E-state index is 0.353. The van der Waals surface area contributed by atoms with Crippen LogP contribution in [0.15, 0.2) is 33.9 Å². The minimum atomic E-state index is -1.26. The van der Waals surface area contributed by atoms with Crippen LogP contribution in [0.5, 0.6) is 0 Å². The zero-order chi connectivity index (χ0) is 16.8. The van der Waals surface area contributed by atoms with Crippen LogP contribution in [0.4, 0.5) is 0 Å². The molecule has 0 atom stereocenters. The minimum Gasteiger partial charge on any atom is -0.432 e. The van der Waals surface area contributed by atoms with Gasteiger partial charge in [-0.2, -0.15) is 0 Å². The summed E-state index contributed by atoms with van der Waals surface area (Å²) in [6.45, 7) is 2.64. The van der Waals surface area contributed by atoms with Gasteiger partial charge in [-0.25, -0.2) is 4.99 Å². The van der Waals surface area contributed by atoms with Crippen molar-refractivity contribution >= 4 is 40.9 Å². The Morgan fingerprint density at radius 3 is 2.78 bits per heavy atom. The van der Waals surface area contributed by atoms with Gasteiger partial charge in [-0.15, -0.1) is 0 Å². The Bertz CT molecular complexity index is 617. The van der Waals surface area contributed by atoms with Crippen LogP contribution < -0.4 is 0 Å². The first kappa shape index (κ1) is 18.6. The fourth-order valence-corrected chi connectivity index (χ4v) is 3.58. The van der Waals surface area contributed by atoms with E-state index in [1.165, 1.54) is 0 Å². The van der Waals surface area contributed by atoms with Crippen molar-refractivity contribution in [1.82, 2.24) is 0 Å². The van der Waals surface area contributed by atoms with Gasteiger partial charge in [-0.1, -0.05) is 41.9 Å². The molecule has 23 heavy (non-hydrogen) atoms. The molecule has 2 rings (SSSR count). The third kappa shape index (κ3) is 5.40. The van der Waals surface area contributed by atoms with Crippen molar-refractivity contribution in [3.8, 4) is 0 Å². The molecule has 1 aromatic rings. The fourth-order valence-electron chi connectivity index (χ4n) is 2.05. The van der Waals surface area contributed by atoms with Gasteiger partial charge in [0.1, 0.15) is 0 Å². The van der Waals surface area contributed by atoms with E-state index in [0.29, 0.717) is 35.3 Å². The third-order valence-corrected chi connectivity index (χ3v) is 4.99. The normalized spacial score (nSPS) is 15.0. The summed E-state index contributed by atoms with van der Waals surface area (Å²) in [4.78, 5) is 4.46. The molecular formula is C16H19Cl2NO3S. The number of halogens is 2. The Kier molecular flexibility index (Phi) is 7.24. The van der Waals surface area contributed by atoms with Crippen molar-refractivity contribution < 1.29 is 14.9 Å². The summed E-state index contributed by atoms with van der Waals surface area (Å²) in [5.74, 6) is 1.24. The van der Waals surface area contributed by atoms with Gasteiger partial charge in [0, 0.05) is 16.3 Å². The van der Waals surface area contributed by atoms with E-state index >= 15 is 0 Å². The first-order valence-corrected chi connectivity index (χ1v) is 9.14. The van der Waals surface area contributed by atoms with E-state index in [0.717, 1.165) is 28.4 Å². The van der Waals surface area contributed by atoms with Crippen molar-refractivity contribution in [3.05, 3.63) is 44.5 Å². The van der Waals surface area contributed by atoms with Crippen molar-refractivity contribution in [2.75, 3.05) is 12.3 Å². The Hall–Kier alpha value is -0.720. The maximum absolute atomic E-state index is 8.89. The highest BCUT2D eigenvalue weighted by Crippen LogP contribution is 2.31. The monoisotopic (exact) mass is 375 g/mol. The lowest BCUT2D eigenvalue weighted by molar-refractivity contribution is -0.0451. The molecule has 2 N–H and O–H groups in total. The number of nitrogens with zero attached hydrogens (tertiary/aromatic N) is 1. The molecule has 0 saturated heterocycles. The second kappa shape index (κ2) is 8.94. The molecule has 0 unspecified atom stereocenters. The summed E-state index contributed by atoms with van der Waals surface area (Å²) in [7, 11) is 0. The topological polar surface area (TPSA) is 62.0 Å². The van der Waals surface area contributed by atoms with Crippen LogP contribution in [-0.4, -0.2) is 34.7 Å². The number of hydrogen-bond donors (Lipinski definition) is 2. The van der Waals surface area contributed by atoms with E-state index in [2.05, 4.69) is 11.9 Å². The molecule has 7 heteroatoms. The van der Waals surface area contributed by atoms with Crippen molar-refractivity contribution in [2.45, 2.75) is 32.5 Å². The summed E-state index contributed by atoms with van der Waals surface area (Å²) < 4.78 is 5.94. The second-order valence-electron chi connectivity index (χ2n) is 5.06. The molecule has 1 aliphatic heterocycles. The van der Waals surface area contributed by atoms with Gasteiger partial charge in [-0.3, -0.25) is 0 Å². The van der Waals surface area contributed by atoms with Gasteiger partial charge in [0.25, 0.3) is 0 Å². The van der Waals surface area contributed by atoms with Crippen LogP contribution in [0, 0.1) is 0 Å². The molecule has 1 aromatic carbocycles. The van der Waals surface area contributed by atoms with E-state index < -0.39 is 6.29 Å². The predicted molar refractivity (Wildman–Crippen MR) is 96.2 cm³/mol. The van der Waals surface area contributed by atoms with Crippen molar-refractivity contribution in [1.29, 1.82) is 0 Å². The molecule has 4 nitrogen and oxygen atoms in total. The van der Waals surface area contributed by atoms with Gasteiger partial charge in [0.15, 0.2) is 11.4 Å². The Morgan fingerprint density at radius 2 is 2.13 bits per heavy atom. The van der Waals surface area contributed by atoms with Crippen molar-refractivity contribution in [2.24, 2.45) is 4.99 Å². The SMILES string of the molecule is CCC1=C(SCCCC(O)O)OC(c2ccc(Cl)cc2Cl)=NC1. The fraction of sp³-hybridized carbons (Fsp3) is 0.438. The number of thioether (sulfide) groups is 1. The summed E-state index contributed by atoms with van der Waals surface area (Å²) in [6.07, 6.45) is 0.648. The zero-order valence-electron chi connectivity index (χ0n) is 12.8. The number of aliphatic imine (C=N–C) groups is 1. The molecule has 1 heterocycles. The third-order valence-electron chi connectivity index (χ3n) is 3.32. The van der Waals surface area contributed by atoms with Crippen LogP contribution in [-0.2, 0) is 4.74 Å². The van der Waals surface area contributed by atoms with Crippen molar-refractivity contribution in [3.63, 3.8) is 0 Å². The highest BCUT2D eigenvalue weighted by molar-refractivity contribution is 8.02. The number of aliphatic hydroxyl groups excluding tert-OH is 1. The molecule has 1 aliphatic rings. The highest BCUT2D eigenvalue weighted by Gasteiger charge is 2.20. The molecule has 0 amide bonds. The lowest BCUT2D eigenvalue weighted by atomic mass is 10.2. The molecule has 0 aliphatic carbocycles. The van der Waals surface area contributed by atoms with E-state index in [9.17, 15) is 0 Å². The maximum atomic E-state index is 8.89. The maximum Gasteiger partial charge on any atom is 0.224 e. The van der Waals surface area contributed by atoms with Gasteiger partial charge >= 0.3 is 0 Å². The van der Waals surface area contributed by atoms with Crippen LogP contribution in [0.1, 0.15) is 31.7 Å². The zero-order valence-corrected chi connectivity index (χ0v) is 15.1. The van der Waals surface area contributed by atoms with Crippen LogP contribution in [0.3, 0.4) is 0 Å². The average Bonchev–Trinajstić information content (AvgIpc) is 2.51. The standard InChI is InChI=1S/C16H19Cl2NO3S/c1-2-10-9-19-15(12-6-5-11(17)8-13(12)18)22-16(10)23-7-3-4-14(20)21/h5-6,8,14,20-21H,2-4,7,9H2,1H3. The van der Waals surface area contributed by atoms with Gasteiger partial charge in [-0.05, 0) is 37.5 Å². The molecule has 0 bridgehead atoms. The summed E-state index contributed by atoms with van der Waals surface area (Å²) in [6, 6.07) is 5.22. The molecule has 0 fully saturated rings. The summed E-state index contributed by atoms with van der Waals surface area (Å²) in [5, 5.41) is 19.7. The number of ether oxygens (including phenoxy) is 1. The number of benzene rings is 1. The average molecular weight is 376 g/mol. The molecule has 126 valence electrons. The number of aliphatic hydroxyl groups is 2. The second-order valence-corrected chi connectivity index (χ2v) is 6.97. The predicted octanol–water partition coefficient (Wildman–Crippen LogP) is 4.22. The smallest absolute Gasteiger partial charge is 0.224 e. The Labute approximate surface area is 150 Å². The Morgan fingerprint density at radius 1 is 1.35 bits per heavy atom.